The van der Waals surface area contributed by atoms with Crippen LogP contribution in [0.5, 0.6) is 0 Å². The van der Waals surface area contributed by atoms with Crippen LogP contribution >= 0.6 is 7.60 Å². The minimum absolute atomic E-state index is 0.285. The quantitative estimate of drug-likeness (QED) is 0.711. The van der Waals surface area contributed by atoms with Gasteiger partial charge in [-0.05, 0) is 17.3 Å². The molecule has 0 aliphatic rings. The highest BCUT2D eigenvalue weighted by Gasteiger charge is 1.97. The van der Waals surface area contributed by atoms with E-state index in [-0.39, 0.29) is 6.16 Å². The van der Waals surface area contributed by atoms with Gasteiger partial charge in [-0.3, -0.25) is 0 Å². The van der Waals surface area contributed by atoms with Gasteiger partial charge in [0.1, 0.15) is 0 Å². The van der Waals surface area contributed by atoms with Crippen molar-refractivity contribution >= 4 is 7.60 Å². The number of aromatic nitrogens is 2. The Morgan fingerprint density at radius 2 is 1.22 bits per heavy atom. The summed E-state index contributed by atoms with van der Waals surface area (Å²) in [5.41, 5.74) is 2.45. The number of hydrogen-bond acceptors (Lipinski definition) is 3. The maximum atomic E-state index is 9.47. The first-order valence-corrected chi connectivity index (χ1v) is 7.19. The van der Waals surface area contributed by atoms with Crippen molar-refractivity contribution in [1.82, 2.24) is 0 Å². The summed E-state index contributed by atoms with van der Waals surface area (Å²) in [5, 5.41) is 0. The zero-order chi connectivity index (χ0) is 13.4. The Labute approximate surface area is 106 Å². The Hall–Kier alpha value is -1.55. The lowest BCUT2D eigenvalue weighted by molar-refractivity contribution is -0.378. The SMILES string of the molecule is CCP(=O)([O-])[O-].c1cc(-c2cc[nH+]cc2)cc[nH+]1. The first kappa shape index (κ1) is 14.5. The van der Waals surface area contributed by atoms with E-state index < -0.39 is 7.60 Å². The molecule has 5 nitrogen and oxygen atoms in total. The second kappa shape index (κ2) is 7.01. The summed E-state index contributed by atoms with van der Waals surface area (Å²) < 4.78 is 9.47. The third-order valence-electron chi connectivity index (χ3n) is 2.16. The average Bonchev–Trinajstić information content (AvgIpc) is 2.41. The molecule has 2 heterocycles. The van der Waals surface area contributed by atoms with E-state index >= 15 is 0 Å². The van der Waals surface area contributed by atoms with E-state index in [1.165, 1.54) is 18.1 Å². The van der Waals surface area contributed by atoms with E-state index in [0.717, 1.165) is 0 Å². The molecule has 0 aromatic carbocycles. The second-order valence-corrected chi connectivity index (χ2v) is 5.36. The van der Waals surface area contributed by atoms with Gasteiger partial charge in [-0.2, -0.15) is 0 Å². The number of aromatic amines is 2. The third kappa shape index (κ3) is 5.68. The lowest BCUT2D eigenvalue weighted by Gasteiger charge is -2.26. The van der Waals surface area contributed by atoms with E-state index in [4.69, 9.17) is 0 Å². The molecule has 0 fully saturated rings. The number of nitrogens with one attached hydrogen (secondary N) is 2. The Bertz CT molecular complexity index is 462. The molecule has 18 heavy (non-hydrogen) atoms. The van der Waals surface area contributed by atoms with Gasteiger partial charge in [0.25, 0.3) is 0 Å². The van der Waals surface area contributed by atoms with E-state index in [9.17, 15) is 14.4 Å². The van der Waals surface area contributed by atoms with Gasteiger partial charge in [-0.1, -0.05) is 14.5 Å². The summed E-state index contributed by atoms with van der Waals surface area (Å²) in [6.07, 6.45) is 7.41. The van der Waals surface area contributed by atoms with Crippen molar-refractivity contribution in [2.24, 2.45) is 0 Å². The van der Waals surface area contributed by atoms with E-state index in [0.29, 0.717) is 0 Å². The van der Waals surface area contributed by atoms with Crippen molar-refractivity contribution in [2.45, 2.75) is 6.92 Å². The summed E-state index contributed by atoms with van der Waals surface area (Å²) in [7, 11) is -4.15. The molecule has 0 spiro atoms. The standard InChI is InChI=1S/C10H8N2.C2H7O3P/c1-5-11-6-2-9(1)10-3-7-12-8-4-10;1-2-6(3,4)5/h1-8H;2H2,1H3,(H2,3,4,5). The second-order valence-electron chi connectivity index (χ2n) is 3.50. The van der Waals surface area contributed by atoms with Crippen molar-refractivity contribution < 1.29 is 24.3 Å². The number of pyridine rings is 2. The van der Waals surface area contributed by atoms with E-state index in [1.807, 2.05) is 24.8 Å². The predicted octanol–water partition coefficient (Wildman–Crippen LogP) is -0.0982. The van der Waals surface area contributed by atoms with Gasteiger partial charge < -0.3 is 14.4 Å². The van der Waals surface area contributed by atoms with Gasteiger partial charge in [0.2, 0.25) is 0 Å². The molecule has 0 atom stereocenters. The Morgan fingerprint density at radius 1 is 0.944 bits per heavy atom. The molecule has 0 bridgehead atoms. The molecule has 96 valence electrons. The minimum atomic E-state index is -4.15. The van der Waals surface area contributed by atoms with Crippen molar-refractivity contribution in [3.8, 4) is 11.1 Å². The molecule has 0 aliphatic carbocycles. The Morgan fingerprint density at radius 3 is 1.44 bits per heavy atom. The van der Waals surface area contributed by atoms with Crippen molar-refractivity contribution in [1.29, 1.82) is 0 Å². The molecule has 2 aromatic heterocycles. The summed E-state index contributed by atoms with van der Waals surface area (Å²) in [6, 6.07) is 8.20. The van der Waals surface area contributed by atoms with Gasteiger partial charge in [-0.15, -0.1) is 0 Å². The van der Waals surface area contributed by atoms with Gasteiger partial charge in [-0.25, -0.2) is 9.97 Å². The van der Waals surface area contributed by atoms with Gasteiger partial charge >= 0.3 is 0 Å². The maximum Gasteiger partial charge on any atom is 0.167 e. The normalized spacial score (nSPS) is 10.4. The van der Waals surface area contributed by atoms with Crippen LogP contribution in [0.15, 0.2) is 49.1 Å². The first-order chi connectivity index (χ1) is 8.53. The highest BCUT2D eigenvalue weighted by atomic mass is 31.2. The fraction of sp³-hybridized carbons (Fsp3) is 0.167. The molecule has 0 saturated heterocycles. The lowest BCUT2D eigenvalue weighted by atomic mass is 10.1. The molecule has 0 saturated carbocycles. The van der Waals surface area contributed by atoms with Crippen LogP contribution < -0.4 is 19.8 Å². The monoisotopic (exact) mass is 266 g/mol. The molecule has 0 radical (unpaired) electrons. The molecule has 0 amide bonds. The first-order valence-electron chi connectivity index (χ1n) is 5.46. The predicted molar refractivity (Wildman–Crippen MR) is 63.1 cm³/mol. The van der Waals surface area contributed by atoms with Crippen molar-refractivity contribution in [2.75, 3.05) is 6.16 Å². The zero-order valence-electron chi connectivity index (χ0n) is 10.00. The maximum absolute atomic E-state index is 9.47. The Balaban J connectivity index is 0.000000232. The van der Waals surface area contributed by atoms with Crippen LogP contribution in [0.25, 0.3) is 11.1 Å². The summed E-state index contributed by atoms with van der Waals surface area (Å²) in [6.45, 7) is 1.32. The summed E-state index contributed by atoms with van der Waals surface area (Å²) in [5.74, 6) is 0. The summed E-state index contributed by atoms with van der Waals surface area (Å²) in [4.78, 5) is 24.9. The van der Waals surface area contributed by atoms with Gasteiger partial charge in [0.05, 0.1) is 0 Å². The number of H-pyrrole nitrogens is 2. The molecular weight excluding hydrogens is 251 g/mol. The van der Waals surface area contributed by atoms with E-state index in [2.05, 4.69) is 34.2 Å². The van der Waals surface area contributed by atoms with Crippen LogP contribution in [0.3, 0.4) is 0 Å². The Kier molecular flexibility index (Phi) is 5.65. The zero-order valence-corrected chi connectivity index (χ0v) is 10.9. The van der Waals surface area contributed by atoms with Gasteiger partial charge in [0, 0.05) is 24.3 Å². The van der Waals surface area contributed by atoms with Crippen LogP contribution in [0, 0.1) is 0 Å². The highest BCUT2D eigenvalue weighted by molar-refractivity contribution is 7.48. The molecule has 6 heteroatoms. The molecule has 2 aromatic rings. The van der Waals surface area contributed by atoms with Crippen LogP contribution in [0.4, 0.5) is 0 Å². The lowest BCUT2D eigenvalue weighted by Crippen LogP contribution is -2.14. The van der Waals surface area contributed by atoms with Crippen molar-refractivity contribution in [3.63, 3.8) is 0 Å². The topological polar surface area (TPSA) is 91.5 Å². The fourth-order valence-electron chi connectivity index (χ4n) is 1.16. The van der Waals surface area contributed by atoms with Crippen LogP contribution in [0.1, 0.15) is 6.92 Å². The fourth-order valence-corrected chi connectivity index (χ4v) is 1.16. The van der Waals surface area contributed by atoms with Crippen LogP contribution in [-0.2, 0) is 4.57 Å². The third-order valence-corrected chi connectivity index (χ3v) is 2.93. The molecule has 0 aliphatic heterocycles. The van der Waals surface area contributed by atoms with E-state index in [1.54, 1.807) is 0 Å². The van der Waals surface area contributed by atoms with Crippen LogP contribution in [-0.4, -0.2) is 6.16 Å². The molecule has 2 N–H and O–H groups in total. The highest BCUT2D eigenvalue weighted by Crippen LogP contribution is 2.20. The number of hydrogen-bond donors (Lipinski definition) is 0. The van der Waals surface area contributed by atoms with Crippen LogP contribution in [0.2, 0.25) is 0 Å². The average molecular weight is 266 g/mol. The molecular formula is C12H15N2O3P. The van der Waals surface area contributed by atoms with Gasteiger partial charge in [0.15, 0.2) is 24.8 Å². The minimum Gasteiger partial charge on any atom is -0.811 e. The molecule has 0 unspecified atom stereocenters. The smallest absolute Gasteiger partial charge is 0.167 e. The largest absolute Gasteiger partial charge is 0.811 e. The number of rotatable bonds is 2. The van der Waals surface area contributed by atoms with Crippen molar-refractivity contribution in [3.05, 3.63) is 49.1 Å². The molecule has 2 rings (SSSR count). The summed E-state index contributed by atoms with van der Waals surface area (Å²) >= 11 is 0.